The summed E-state index contributed by atoms with van der Waals surface area (Å²) in [6.07, 6.45) is 2.00. The lowest BCUT2D eigenvalue weighted by molar-refractivity contribution is -0.137. The number of hydrogen-bond donors (Lipinski definition) is 1. The molecule has 0 aromatic rings. The van der Waals surface area contributed by atoms with Gasteiger partial charge >= 0.3 is 0 Å². The number of amides is 1. The van der Waals surface area contributed by atoms with Gasteiger partial charge in [0.1, 0.15) is 6.61 Å². The van der Waals surface area contributed by atoms with Crippen molar-refractivity contribution in [2.75, 3.05) is 40.0 Å². The lowest BCUT2D eigenvalue weighted by atomic mass is 10.1. The number of ether oxygens (including phenoxy) is 2. The molecular formula is C10H21ClN2O3. The predicted molar refractivity (Wildman–Crippen MR) is 63.7 cm³/mol. The van der Waals surface area contributed by atoms with E-state index in [1.165, 1.54) is 0 Å². The van der Waals surface area contributed by atoms with E-state index in [9.17, 15) is 4.79 Å². The molecule has 1 fully saturated rings. The highest BCUT2D eigenvalue weighted by Crippen LogP contribution is 2.08. The van der Waals surface area contributed by atoms with Gasteiger partial charge in [-0.3, -0.25) is 4.79 Å². The minimum Gasteiger partial charge on any atom is -0.382 e. The van der Waals surface area contributed by atoms with Gasteiger partial charge in [0, 0.05) is 26.2 Å². The number of rotatable bonds is 5. The first kappa shape index (κ1) is 15.6. The largest absolute Gasteiger partial charge is 0.382 e. The van der Waals surface area contributed by atoms with E-state index in [-0.39, 0.29) is 31.0 Å². The summed E-state index contributed by atoms with van der Waals surface area (Å²) < 4.78 is 9.98. The fraction of sp³-hybridized carbons (Fsp3) is 0.900. The Hall–Kier alpha value is -0.360. The summed E-state index contributed by atoms with van der Waals surface area (Å²) in [7, 11) is 1.61. The highest BCUT2D eigenvalue weighted by atomic mass is 35.5. The number of carbonyl (C=O) groups excluding carboxylic acids is 1. The second-order valence-electron chi connectivity index (χ2n) is 3.79. The summed E-state index contributed by atoms with van der Waals surface area (Å²) in [5.41, 5.74) is 5.78. The topological polar surface area (TPSA) is 64.8 Å². The normalized spacial score (nSPS) is 20.4. The molecule has 1 atom stereocenters. The minimum atomic E-state index is 0. The molecule has 0 bridgehead atoms. The van der Waals surface area contributed by atoms with Crippen LogP contribution < -0.4 is 5.73 Å². The number of likely N-dealkylation sites (tertiary alicyclic amines) is 1. The van der Waals surface area contributed by atoms with Crippen LogP contribution in [0.25, 0.3) is 0 Å². The summed E-state index contributed by atoms with van der Waals surface area (Å²) in [6.45, 7) is 2.58. The Morgan fingerprint density at radius 2 is 2.25 bits per heavy atom. The van der Waals surface area contributed by atoms with Crippen LogP contribution in [0.15, 0.2) is 0 Å². The zero-order valence-corrected chi connectivity index (χ0v) is 10.5. The van der Waals surface area contributed by atoms with E-state index in [0.29, 0.717) is 19.8 Å². The molecule has 16 heavy (non-hydrogen) atoms. The van der Waals surface area contributed by atoms with Crippen molar-refractivity contribution in [2.24, 2.45) is 5.73 Å². The maximum absolute atomic E-state index is 11.6. The van der Waals surface area contributed by atoms with Gasteiger partial charge in [-0.2, -0.15) is 0 Å². The molecule has 0 aromatic carbocycles. The number of halogens is 1. The smallest absolute Gasteiger partial charge is 0.248 e. The van der Waals surface area contributed by atoms with Crippen LogP contribution >= 0.6 is 12.4 Å². The lowest BCUT2D eigenvalue weighted by Crippen LogP contribution is -2.47. The van der Waals surface area contributed by atoms with Crippen LogP contribution in [0.1, 0.15) is 12.8 Å². The van der Waals surface area contributed by atoms with E-state index in [1.807, 2.05) is 0 Å². The third-order valence-electron chi connectivity index (χ3n) is 2.47. The highest BCUT2D eigenvalue weighted by Gasteiger charge is 2.20. The number of nitrogens with two attached hydrogens (primary N) is 1. The molecule has 1 amide bonds. The first-order chi connectivity index (χ1) is 7.24. The van der Waals surface area contributed by atoms with Gasteiger partial charge in [-0.15, -0.1) is 12.4 Å². The van der Waals surface area contributed by atoms with Crippen molar-refractivity contribution in [1.29, 1.82) is 0 Å². The molecule has 1 rings (SSSR count). The molecule has 5 nitrogen and oxygen atoms in total. The van der Waals surface area contributed by atoms with E-state index < -0.39 is 0 Å². The standard InChI is InChI=1S/C10H20N2O3.ClH/c1-14-5-6-15-8-10(13)12-4-2-3-9(11)7-12;/h9H,2-8,11H2,1H3;1H/t9-;/m1./s1. The van der Waals surface area contributed by atoms with Crippen molar-refractivity contribution in [3.8, 4) is 0 Å². The molecule has 0 unspecified atom stereocenters. The van der Waals surface area contributed by atoms with Crippen molar-refractivity contribution in [3.63, 3.8) is 0 Å². The van der Waals surface area contributed by atoms with Crippen LogP contribution in [0, 0.1) is 0 Å². The first-order valence-corrected chi connectivity index (χ1v) is 5.34. The van der Waals surface area contributed by atoms with Crippen molar-refractivity contribution in [1.82, 2.24) is 4.90 Å². The van der Waals surface area contributed by atoms with Crippen LogP contribution in [-0.2, 0) is 14.3 Å². The molecule has 0 saturated carbocycles. The van der Waals surface area contributed by atoms with Crippen LogP contribution in [0.4, 0.5) is 0 Å². The molecule has 0 aliphatic carbocycles. The Balaban J connectivity index is 0.00000225. The average Bonchev–Trinajstić information content (AvgIpc) is 2.24. The first-order valence-electron chi connectivity index (χ1n) is 5.34. The molecular weight excluding hydrogens is 232 g/mol. The zero-order chi connectivity index (χ0) is 11.1. The molecule has 1 saturated heterocycles. The SMILES string of the molecule is COCCOCC(=O)N1CCC[C@@H](N)C1.Cl. The van der Waals surface area contributed by atoms with Crippen LogP contribution in [0.2, 0.25) is 0 Å². The zero-order valence-electron chi connectivity index (χ0n) is 9.68. The lowest BCUT2D eigenvalue weighted by Gasteiger charge is -2.30. The predicted octanol–water partition coefficient (Wildman–Crippen LogP) is 0.0209. The molecule has 1 heterocycles. The summed E-state index contributed by atoms with van der Waals surface area (Å²) in [5.74, 6) is 0.0289. The van der Waals surface area contributed by atoms with E-state index >= 15 is 0 Å². The fourth-order valence-corrected chi connectivity index (χ4v) is 1.63. The summed E-state index contributed by atoms with van der Waals surface area (Å²) >= 11 is 0. The number of methoxy groups -OCH3 is 1. The van der Waals surface area contributed by atoms with Gasteiger partial charge in [0.25, 0.3) is 0 Å². The van der Waals surface area contributed by atoms with Gasteiger partial charge in [-0.1, -0.05) is 0 Å². The second-order valence-corrected chi connectivity index (χ2v) is 3.79. The van der Waals surface area contributed by atoms with E-state index in [4.69, 9.17) is 15.2 Å². The van der Waals surface area contributed by atoms with Gasteiger partial charge in [0.2, 0.25) is 5.91 Å². The van der Waals surface area contributed by atoms with Crippen LogP contribution in [0.3, 0.4) is 0 Å². The third kappa shape index (κ3) is 5.65. The van der Waals surface area contributed by atoms with Gasteiger partial charge < -0.3 is 20.1 Å². The van der Waals surface area contributed by atoms with Crippen molar-refractivity contribution in [2.45, 2.75) is 18.9 Å². The number of piperidine rings is 1. The van der Waals surface area contributed by atoms with E-state index in [1.54, 1.807) is 12.0 Å². The Bertz CT molecular complexity index is 205. The molecule has 0 radical (unpaired) electrons. The van der Waals surface area contributed by atoms with Gasteiger partial charge in [-0.05, 0) is 12.8 Å². The number of carbonyl (C=O) groups is 1. The monoisotopic (exact) mass is 252 g/mol. The quantitative estimate of drug-likeness (QED) is 0.701. The maximum atomic E-state index is 11.6. The molecule has 0 aromatic heterocycles. The molecule has 96 valence electrons. The Morgan fingerprint density at radius 1 is 1.50 bits per heavy atom. The summed E-state index contributed by atoms with van der Waals surface area (Å²) in [6, 6.07) is 0.127. The van der Waals surface area contributed by atoms with E-state index in [2.05, 4.69) is 0 Å². The second kappa shape index (κ2) is 8.75. The molecule has 2 N–H and O–H groups in total. The van der Waals surface area contributed by atoms with Crippen molar-refractivity contribution < 1.29 is 14.3 Å². The maximum Gasteiger partial charge on any atom is 0.248 e. The summed E-state index contributed by atoms with van der Waals surface area (Å²) in [4.78, 5) is 13.4. The van der Waals surface area contributed by atoms with Gasteiger partial charge in [0.05, 0.1) is 13.2 Å². The Labute approximate surface area is 103 Å². The highest BCUT2D eigenvalue weighted by molar-refractivity contribution is 5.85. The van der Waals surface area contributed by atoms with Crippen molar-refractivity contribution in [3.05, 3.63) is 0 Å². The third-order valence-corrected chi connectivity index (χ3v) is 2.47. The molecule has 6 heteroatoms. The average molecular weight is 253 g/mol. The number of nitrogens with zero attached hydrogens (tertiary/aromatic N) is 1. The van der Waals surface area contributed by atoms with Gasteiger partial charge in [-0.25, -0.2) is 0 Å². The van der Waals surface area contributed by atoms with Crippen molar-refractivity contribution >= 4 is 18.3 Å². The van der Waals surface area contributed by atoms with Crippen LogP contribution in [-0.4, -0.2) is 56.9 Å². The summed E-state index contributed by atoms with van der Waals surface area (Å²) in [5, 5.41) is 0. The van der Waals surface area contributed by atoms with Crippen LogP contribution in [0.5, 0.6) is 0 Å². The van der Waals surface area contributed by atoms with E-state index in [0.717, 1.165) is 19.4 Å². The molecule has 0 spiro atoms. The molecule has 1 aliphatic heterocycles. The van der Waals surface area contributed by atoms with Gasteiger partial charge in [0.15, 0.2) is 0 Å². The Kier molecular flexibility index (Phi) is 8.56. The molecule has 1 aliphatic rings. The minimum absolute atomic E-state index is 0. The Morgan fingerprint density at radius 3 is 2.88 bits per heavy atom. The fourth-order valence-electron chi connectivity index (χ4n) is 1.63. The number of hydrogen-bond acceptors (Lipinski definition) is 4.